The monoisotopic (exact) mass is 208 g/mol. The van der Waals surface area contributed by atoms with E-state index in [1.54, 1.807) is 0 Å². The molecule has 0 aromatic heterocycles. The third kappa shape index (κ3) is 2.22. The Balaban J connectivity index is 2.01. The molecule has 0 aromatic carbocycles. The summed E-state index contributed by atoms with van der Waals surface area (Å²) in [4.78, 5) is 0. The van der Waals surface area contributed by atoms with Gasteiger partial charge in [-0.15, -0.1) is 0 Å². The Labute approximate surface area is 70.0 Å². The topological polar surface area (TPSA) is 18.5 Å². The minimum atomic E-state index is 0.308. The molecule has 0 aliphatic carbocycles. The van der Waals surface area contributed by atoms with Crippen LogP contribution in [-0.2, 0) is 9.47 Å². The SMILES string of the molecule is CC1(COCCBr)COC1. The minimum Gasteiger partial charge on any atom is -0.380 e. The fraction of sp³-hybridized carbons (Fsp3) is 1.00. The molecule has 0 N–H and O–H groups in total. The van der Waals surface area contributed by atoms with E-state index < -0.39 is 0 Å². The lowest BCUT2D eigenvalue weighted by Gasteiger charge is -2.37. The van der Waals surface area contributed by atoms with Crippen molar-refractivity contribution in [3.8, 4) is 0 Å². The number of halogens is 1. The molecule has 1 saturated heterocycles. The highest BCUT2D eigenvalue weighted by atomic mass is 79.9. The van der Waals surface area contributed by atoms with Gasteiger partial charge in [-0.05, 0) is 0 Å². The van der Waals surface area contributed by atoms with Gasteiger partial charge in [0.05, 0.1) is 26.4 Å². The van der Waals surface area contributed by atoms with Crippen molar-refractivity contribution in [2.45, 2.75) is 6.92 Å². The van der Waals surface area contributed by atoms with Crippen molar-refractivity contribution in [1.82, 2.24) is 0 Å². The average Bonchev–Trinajstić information content (AvgIpc) is 1.85. The van der Waals surface area contributed by atoms with Gasteiger partial charge in [0.1, 0.15) is 0 Å². The molecule has 0 bridgehead atoms. The van der Waals surface area contributed by atoms with Gasteiger partial charge < -0.3 is 9.47 Å². The highest BCUT2D eigenvalue weighted by Crippen LogP contribution is 2.26. The summed E-state index contributed by atoms with van der Waals surface area (Å²) in [6.45, 7) is 5.53. The molecule has 10 heavy (non-hydrogen) atoms. The first-order valence-corrected chi connectivity index (χ1v) is 4.60. The number of ether oxygens (including phenoxy) is 2. The summed E-state index contributed by atoms with van der Waals surface area (Å²) < 4.78 is 10.4. The third-order valence-electron chi connectivity index (χ3n) is 1.57. The van der Waals surface area contributed by atoms with Gasteiger partial charge in [0.15, 0.2) is 0 Å². The van der Waals surface area contributed by atoms with Crippen LogP contribution < -0.4 is 0 Å². The van der Waals surface area contributed by atoms with Crippen molar-refractivity contribution < 1.29 is 9.47 Å². The molecule has 1 fully saturated rings. The van der Waals surface area contributed by atoms with Crippen LogP contribution in [0.15, 0.2) is 0 Å². The third-order valence-corrected chi connectivity index (χ3v) is 1.90. The van der Waals surface area contributed by atoms with Gasteiger partial charge in [0, 0.05) is 10.7 Å². The van der Waals surface area contributed by atoms with Gasteiger partial charge >= 0.3 is 0 Å². The molecule has 0 aromatic rings. The maximum Gasteiger partial charge on any atom is 0.0564 e. The van der Waals surface area contributed by atoms with E-state index in [-0.39, 0.29) is 0 Å². The zero-order valence-electron chi connectivity index (χ0n) is 6.23. The fourth-order valence-corrected chi connectivity index (χ4v) is 1.14. The van der Waals surface area contributed by atoms with Crippen LogP contribution in [0.3, 0.4) is 0 Å². The number of hydrogen-bond donors (Lipinski definition) is 0. The van der Waals surface area contributed by atoms with E-state index in [9.17, 15) is 0 Å². The van der Waals surface area contributed by atoms with Crippen molar-refractivity contribution >= 4 is 15.9 Å². The van der Waals surface area contributed by atoms with Crippen LogP contribution in [0.25, 0.3) is 0 Å². The first-order valence-electron chi connectivity index (χ1n) is 3.48. The van der Waals surface area contributed by atoms with Crippen molar-refractivity contribution in [3.63, 3.8) is 0 Å². The van der Waals surface area contributed by atoms with Gasteiger partial charge in [-0.2, -0.15) is 0 Å². The molecule has 1 aliphatic rings. The molecular formula is C7H13BrO2. The van der Waals surface area contributed by atoms with Crippen molar-refractivity contribution in [2.24, 2.45) is 5.41 Å². The highest BCUT2D eigenvalue weighted by Gasteiger charge is 2.33. The molecule has 3 heteroatoms. The van der Waals surface area contributed by atoms with Crippen LogP contribution in [0.1, 0.15) is 6.92 Å². The van der Waals surface area contributed by atoms with Crippen molar-refractivity contribution in [3.05, 3.63) is 0 Å². The molecule has 1 aliphatic heterocycles. The zero-order chi connectivity index (χ0) is 7.45. The average molecular weight is 209 g/mol. The van der Waals surface area contributed by atoms with Gasteiger partial charge in [-0.3, -0.25) is 0 Å². The van der Waals surface area contributed by atoms with Crippen LogP contribution in [0.5, 0.6) is 0 Å². The summed E-state index contributed by atoms with van der Waals surface area (Å²) in [7, 11) is 0. The summed E-state index contributed by atoms with van der Waals surface area (Å²) in [5.41, 5.74) is 0.308. The lowest BCUT2D eigenvalue weighted by atomic mass is 9.90. The van der Waals surface area contributed by atoms with E-state index >= 15 is 0 Å². The molecule has 0 radical (unpaired) electrons. The summed E-state index contributed by atoms with van der Waals surface area (Å²) in [6, 6.07) is 0. The predicted octanol–water partition coefficient (Wildman–Crippen LogP) is 1.43. The number of rotatable bonds is 4. The molecule has 0 spiro atoms. The Morgan fingerprint density at radius 1 is 1.60 bits per heavy atom. The second-order valence-electron chi connectivity index (χ2n) is 3.05. The van der Waals surface area contributed by atoms with Gasteiger partial charge in [0.2, 0.25) is 0 Å². The normalized spacial score (nSPS) is 22.2. The van der Waals surface area contributed by atoms with E-state index in [1.165, 1.54) is 0 Å². The van der Waals surface area contributed by atoms with Gasteiger partial charge in [0.25, 0.3) is 0 Å². The molecule has 1 rings (SSSR count). The van der Waals surface area contributed by atoms with E-state index in [0.717, 1.165) is 31.8 Å². The second-order valence-corrected chi connectivity index (χ2v) is 3.84. The Morgan fingerprint density at radius 2 is 2.30 bits per heavy atom. The summed E-state index contributed by atoms with van der Waals surface area (Å²) in [5.74, 6) is 0. The Hall–Kier alpha value is 0.400. The van der Waals surface area contributed by atoms with Crippen LogP contribution in [0.4, 0.5) is 0 Å². The van der Waals surface area contributed by atoms with Crippen LogP contribution in [0.2, 0.25) is 0 Å². The maximum atomic E-state index is 5.36. The van der Waals surface area contributed by atoms with E-state index in [0.29, 0.717) is 5.41 Å². The molecule has 2 nitrogen and oxygen atoms in total. The quantitative estimate of drug-likeness (QED) is 0.515. The number of alkyl halides is 1. The largest absolute Gasteiger partial charge is 0.380 e. The summed E-state index contributed by atoms with van der Waals surface area (Å²) in [6.07, 6.45) is 0. The molecular weight excluding hydrogens is 196 g/mol. The van der Waals surface area contributed by atoms with Crippen molar-refractivity contribution in [1.29, 1.82) is 0 Å². The second kappa shape index (κ2) is 3.69. The van der Waals surface area contributed by atoms with E-state index in [1.807, 2.05) is 0 Å². The number of hydrogen-bond acceptors (Lipinski definition) is 2. The van der Waals surface area contributed by atoms with Crippen LogP contribution >= 0.6 is 15.9 Å². The molecule has 0 atom stereocenters. The lowest BCUT2D eigenvalue weighted by molar-refractivity contribution is -0.136. The first-order chi connectivity index (χ1) is 4.77. The Bertz CT molecular complexity index is 102. The van der Waals surface area contributed by atoms with Crippen LogP contribution in [-0.4, -0.2) is 31.8 Å². The first kappa shape index (κ1) is 8.50. The fourth-order valence-electron chi connectivity index (χ4n) is 0.907. The summed E-state index contributed by atoms with van der Waals surface area (Å²) in [5, 5.41) is 0.921. The molecule has 0 amide bonds. The lowest BCUT2D eigenvalue weighted by Crippen LogP contribution is -2.43. The van der Waals surface area contributed by atoms with E-state index in [4.69, 9.17) is 9.47 Å². The zero-order valence-corrected chi connectivity index (χ0v) is 7.82. The molecule has 0 saturated carbocycles. The molecule has 0 unspecified atom stereocenters. The standard InChI is InChI=1S/C7H13BrO2/c1-7(5-10-6-7)4-9-3-2-8/h2-6H2,1H3. The maximum absolute atomic E-state index is 5.36. The smallest absolute Gasteiger partial charge is 0.0564 e. The van der Waals surface area contributed by atoms with Crippen LogP contribution in [0, 0.1) is 5.41 Å². The Morgan fingerprint density at radius 3 is 2.70 bits per heavy atom. The van der Waals surface area contributed by atoms with Gasteiger partial charge in [-0.25, -0.2) is 0 Å². The minimum absolute atomic E-state index is 0.308. The summed E-state index contributed by atoms with van der Waals surface area (Å²) >= 11 is 3.30. The predicted molar refractivity (Wildman–Crippen MR) is 43.5 cm³/mol. The highest BCUT2D eigenvalue weighted by molar-refractivity contribution is 9.09. The van der Waals surface area contributed by atoms with E-state index in [2.05, 4.69) is 22.9 Å². The molecule has 60 valence electrons. The van der Waals surface area contributed by atoms with Gasteiger partial charge in [-0.1, -0.05) is 22.9 Å². The Kier molecular flexibility index (Phi) is 3.14. The van der Waals surface area contributed by atoms with Crippen molar-refractivity contribution in [2.75, 3.05) is 31.8 Å². The molecule has 1 heterocycles.